The van der Waals surface area contributed by atoms with Gasteiger partial charge in [-0.3, -0.25) is 9.59 Å². The summed E-state index contributed by atoms with van der Waals surface area (Å²) in [4.78, 5) is 33.5. The van der Waals surface area contributed by atoms with Crippen molar-refractivity contribution in [3.8, 4) is 0 Å². The number of nitrogens with zero attached hydrogens (tertiary/aromatic N) is 1. The largest absolute Gasteiger partial charge is 0.351 e. The van der Waals surface area contributed by atoms with Gasteiger partial charge >= 0.3 is 0 Å². The molecule has 1 aliphatic carbocycles. The van der Waals surface area contributed by atoms with Crippen molar-refractivity contribution in [2.24, 2.45) is 0 Å². The summed E-state index contributed by atoms with van der Waals surface area (Å²) in [6, 6.07) is 18.1. The zero-order valence-electron chi connectivity index (χ0n) is 17.7. The average molecular weight is 434 g/mol. The molecule has 0 saturated heterocycles. The second kappa shape index (κ2) is 8.08. The standard InChI is InChI=1S/C25H27N3O2S/c1-25(24(30)26-18-11-5-6-12-18)16-31-22-19-13-7-8-14-20(19)27-21(22)23(29)28(25)15-17-9-3-2-4-10-17/h2-4,7-10,13-14,18,27H,5-6,11-12,15-16H2,1H3,(H,26,30). The van der Waals surface area contributed by atoms with E-state index in [2.05, 4.69) is 10.3 Å². The normalized spacial score (nSPS) is 21.8. The molecule has 0 bridgehead atoms. The smallest absolute Gasteiger partial charge is 0.272 e. The summed E-state index contributed by atoms with van der Waals surface area (Å²) in [6.07, 6.45) is 4.34. The van der Waals surface area contributed by atoms with Gasteiger partial charge in [-0.05, 0) is 31.4 Å². The minimum Gasteiger partial charge on any atom is -0.351 e. The number of amides is 2. The lowest BCUT2D eigenvalue weighted by Crippen LogP contribution is -2.60. The molecule has 6 heteroatoms. The highest BCUT2D eigenvalue weighted by Gasteiger charge is 2.46. The van der Waals surface area contributed by atoms with Gasteiger partial charge in [-0.1, -0.05) is 61.4 Å². The van der Waals surface area contributed by atoms with E-state index in [9.17, 15) is 9.59 Å². The molecular formula is C25H27N3O2S. The van der Waals surface area contributed by atoms with E-state index >= 15 is 0 Å². The first-order chi connectivity index (χ1) is 15.1. The van der Waals surface area contributed by atoms with Crippen LogP contribution in [0.3, 0.4) is 0 Å². The van der Waals surface area contributed by atoms with Crippen LogP contribution in [0, 0.1) is 0 Å². The number of thioether (sulfide) groups is 1. The highest BCUT2D eigenvalue weighted by Crippen LogP contribution is 2.40. The molecule has 1 unspecified atom stereocenters. The molecular weight excluding hydrogens is 406 g/mol. The van der Waals surface area contributed by atoms with Gasteiger partial charge in [0.15, 0.2) is 0 Å². The van der Waals surface area contributed by atoms with Crippen molar-refractivity contribution in [3.63, 3.8) is 0 Å². The maximum atomic E-state index is 13.9. The van der Waals surface area contributed by atoms with Crippen LogP contribution in [0.4, 0.5) is 0 Å². The van der Waals surface area contributed by atoms with E-state index in [1.54, 1.807) is 16.7 Å². The molecule has 1 aromatic heterocycles. The third kappa shape index (κ3) is 3.63. The third-order valence-corrected chi connectivity index (χ3v) is 7.99. The number of fused-ring (bicyclic) bond motifs is 3. The van der Waals surface area contributed by atoms with Crippen LogP contribution < -0.4 is 5.32 Å². The van der Waals surface area contributed by atoms with Crippen LogP contribution in [-0.4, -0.2) is 39.0 Å². The Bertz CT molecular complexity index is 1120. The van der Waals surface area contributed by atoms with Crippen LogP contribution in [0.5, 0.6) is 0 Å². The molecule has 2 N–H and O–H groups in total. The van der Waals surface area contributed by atoms with E-state index in [1.165, 1.54) is 0 Å². The quantitative estimate of drug-likeness (QED) is 0.625. The lowest BCUT2D eigenvalue weighted by atomic mass is 9.98. The van der Waals surface area contributed by atoms with Gasteiger partial charge in [-0.2, -0.15) is 0 Å². The molecule has 2 aliphatic rings. The number of rotatable bonds is 4. The fourth-order valence-electron chi connectivity index (χ4n) is 4.68. The van der Waals surface area contributed by atoms with Crippen molar-refractivity contribution in [3.05, 3.63) is 65.9 Å². The Morgan fingerprint density at radius 2 is 1.84 bits per heavy atom. The topological polar surface area (TPSA) is 65.2 Å². The van der Waals surface area contributed by atoms with E-state index in [0.717, 1.165) is 47.0 Å². The molecule has 1 fully saturated rings. The van der Waals surface area contributed by atoms with Crippen molar-refractivity contribution in [1.82, 2.24) is 15.2 Å². The molecule has 3 aromatic rings. The number of carbonyl (C=O) groups excluding carboxylic acids is 2. The Labute approximate surface area is 186 Å². The van der Waals surface area contributed by atoms with Gasteiger partial charge in [0.1, 0.15) is 11.2 Å². The Morgan fingerprint density at radius 3 is 2.61 bits per heavy atom. The maximum absolute atomic E-state index is 13.9. The number of aromatic nitrogens is 1. The molecule has 2 heterocycles. The number of nitrogens with one attached hydrogen (secondary N) is 2. The summed E-state index contributed by atoms with van der Waals surface area (Å²) in [5.74, 6) is 0.341. The summed E-state index contributed by atoms with van der Waals surface area (Å²) in [5.41, 5.74) is 1.60. The highest BCUT2D eigenvalue weighted by molar-refractivity contribution is 7.99. The van der Waals surface area contributed by atoms with Crippen molar-refractivity contribution >= 4 is 34.5 Å². The Kier molecular flexibility index (Phi) is 5.26. The molecule has 1 atom stereocenters. The van der Waals surface area contributed by atoms with Gasteiger partial charge in [0.2, 0.25) is 5.91 Å². The molecule has 160 valence electrons. The van der Waals surface area contributed by atoms with Crippen molar-refractivity contribution in [2.45, 2.75) is 55.6 Å². The van der Waals surface area contributed by atoms with Crippen LogP contribution in [0.2, 0.25) is 0 Å². The number of aromatic amines is 1. The fraction of sp³-hybridized carbons (Fsp3) is 0.360. The second-order valence-electron chi connectivity index (χ2n) is 8.77. The first-order valence-electron chi connectivity index (χ1n) is 11.0. The number of H-pyrrole nitrogens is 1. The molecule has 2 amide bonds. The van der Waals surface area contributed by atoms with Crippen LogP contribution in [0.25, 0.3) is 10.9 Å². The van der Waals surface area contributed by atoms with Gasteiger partial charge in [0.05, 0.1) is 0 Å². The summed E-state index contributed by atoms with van der Waals surface area (Å²) in [7, 11) is 0. The third-order valence-electron chi connectivity index (χ3n) is 6.57. The van der Waals surface area contributed by atoms with Gasteiger partial charge < -0.3 is 15.2 Å². The van der Waals surface area contributed by atoms with Gasteiger partial charge in [0, 0.05) is 34.1 Å². The summed E-state index contributed by atoms with van der Waals surface area (Å²) in [6.45, 7) is 2.31. The number of carbonyl (C=O) groups is 2. The summed E-state index contributed by atoms with van der Waals surface area (Å²) < 4.78 is 0. The number of para-hydroxylation sites is 1. The Balaban J connectivity index is 1.55. The average Bonchev–Trinajstić information content (AvgIpc) is 3.41. The number of hydrogen-bond acceptors (Lipinski definition) is 3. The summed E-state index contributed by atoms with van der Waals surface area (Å²) in [5, 5.41) is 4.29. The molecule has 5 rings (SSSR count). The van der Waals surface area contributed by atoms with Crippen molar-refractivity contribution in [1.29, 1.82) is 0 Å². The number of benzene rings is 2. The Morgan fingerprint density at radius 1 is 1.13 bits per heavy atom. The SMILES string of the molecule is CC1(C(=O)NC2CCCC2)CSc2c([nH]c3ccccc23)C(=O)N1Cc1ccccc1. The molecule has 31 heavy (non-hydrogen) atoms. The van der Waals surface area contributed by atoms with Crippen LogP contribution in [0.15, 0.2) is 59.5 Å². The minimum atomic E-state index is -0.943. The lowest BCUT2D eigenvalue weighted by Gasteiger charge is -2.39. The van der Waals surface area contributed by atoms with E-state index in [4.69, 9.17) is 0 Å². The predicted octanol–water partition coefficient (Wildman–Crippen LogP) is 4.73. The minimum absolute atomic E-state index is 0.0503. The van der Waals surface area contributed by atoms with Crippen molar-refractivity contribution in [2.75, 3.05) is 5.75 Å². The van der Waals surface area contributed by atoms with Crippen LogP contribution in [0.1, 0.15) is 48.7 Å². The lowest BCUT2D eigenvalue weighted by molar-refractivity contribution is -0.131. The Hall–Kier alpha value is -2.73. The van der Waals surface area contributed by atoms with Crippen LogP contribution >= 0.6 is 11.8 Å². The fourth-order valence-corrected chi connectivity index (χ4v) is 6.01. The number of hydrogen-bond donors (Lipinski definition) is 2. The van der Waals surface area contributed by atoms with E-state index in [-0.39, 0.29) is 17.9 Å². The van der Waals surface area contributed by atoms with E-state index in [0.29, 0.717) is 18.0 Å². The molecule has 0 spiro atoms. The zero-order chi connectivity index (χ0) is 21.4. The molecule has 0 radical (unpaired) electrons. The van der Waals surface area contributed by atoms with Crippen LogP contribution in [-0.2, 0) is 11.3 Å². The second-order valence-corrected chi connectivity index (χ2v) is 9.75. The van der Waals surface area contributed by atoms with Crippen molar-refractivity contribution < 1.29 is 9.59 Å². The van der Waals surface area contributed by atoms with Gasteiger partial charge in [-0.15, -0.1) is 11.8 Å². The molecule has 5 nitrogen and oxygen atoms in total. The van der Waals surface area contributed by atoms with Gasteiger partial charge in [0.25, 0.3) is 5.91 Å². The van der Waals surface area contributed by atoms with E-state index < -0.39 is 5.54 Å². The summed E-state index contributed by atoms with van der Waals surface area (Å²) >= 11 is 1.60. The molecule has 2 aromatic carbocycles. The maximum Gasteiger partial charge on any atom is 0.272 e. The zero-order valence-corrected chi connectivity index (χ0v) is 18.5. The van der Waals surface area contributed by atoms with E-state index in [1.807, 2.05) is 61.5 Å². The predicted molar refractivity (Wildman–Crippen MR) is 124 cm³/mol. The highest BCUT2D eigenvalue weighted by atomic mass is 32.2. The first kappa shape index (κ1) is 20.2. The first-order valence-corrected chi connectivity index (χ1v) is 12.0. The monoisotopic (exact) mass is 433 g/mol. The molecule has 1 aliphatic heterocycles. The van der Waals surface area contributed by atoms with Gasteiger partial charge in [-0.25, -0.2) is 0 Å². The molecule has 1 saturated carbocycles.